The first-order chi connectivity index (χ1) is 10.6. The molecule has 2 heterocycles. The van der Waals surface area contributed by atoms with Crippen LogP contribution in [-0.2, 0) is 11.2 Å². The van der Waals surface area contributed by atoms with Gasteiger partial charge in [-0.05, 0) is 25.0 Å². The van der Waals surface area contributed by atoms with Crippen LogP contribution in [0, 0.1) is 0 Å². The number of hydrogen-bond donors (Lipinski definition) is 2. The standard InChI is InChI=1S/C15H15ClN4O2/c1-9(18-11-8-17-19-14(21)13(11)16)15(22)20-7-6-10-4-2-3-5-12(10)20/h2-5,8-9H,6-7H2,1H3,(H2,18,19,21). The maximum atomic E-state index is 12.6. The minimum atomic E-state index is -0.521. The van der Waals surface area contributed by atoms with E-state index in [1.165, 1.54) is 11.8 Å². The van der Waals surface area contributed by atoms with E-state index in [-0.39, 0.29) is 10.9 Å². The third-order valence-electron chi connectivity index (χ3n) is 3.69. The van der Waals surface area contributed by atoms with Crippen LogP contribution in [0.1, 0.15) is 12.5 Å². The van der Waals surface area contributed by atoms with Gasteiger partial charge in [0.2, 0.25) is 5.91 Å². The number of benzene rings is 1. The Labute approximate surface area is 132 Å². The second-order valence-corrected chi connectivity index (χ2v) is 5.54. The lowest BCUT2D eigenvalue weighted by Gasteiger charge is -2.23. The van der Waals surface area contributed by atoms with E-state index in [9.17, 15) is 9.59 Å². The van der Waals surface area contributed by atoms with Crippen molar-refractivity contribution in [1.82, 2.24) is 10.2 Å². The molecule has 0 saturated carbocycles. The van der Waals surface area contributed by atoms with Gasteiger partial charge < -0.3 is 10.2 Å². The van der Waals surface area contributed by atoms with Crippen LogP contribution in [0.3, 0.4) is 0 Å². The predicted octanol–water partition coefficient (Wildman–Crippen LogP) is 1.81. The number of hydrogen-bond acceptors (Lipinski definition) is 4. The lowest BCUT2D eigenvalue weighted by molar-refractivity contribution is -0.118. The highest BCUT2D eigenvalue weighted by atomic mass is 35.5. The third kappa shape index (κ3) is 2.57. The van der Waals surface area contributed by atoms with Gasteiger partial charge in [0.25, 0.3) is 5.56 Å². The van der Waals surface area contributed by atoms with Gasteiger partial charge in [0.1, 0.15) is 11.1 Å². The van der Waals surface area contributed by atoms with Crippen molar-refractivity contribution in [3.05, 3.63) is 51.4 Å². The molecule has 2 N–H and O–H groups in total. The quantitative estimate of drug-likeness (QED) is 0.904. The van der Waals surface area contributed by atoms with E-state index in [4.69, 9.17) is 11.6 Å². The molecule has 22 heavy (non-hydrogen) atoms. The molecule has 3 rings (SSSR count). The van der Waals surface area contributed by atoms with Crippen molar-refractivity contribution in [3.8, 4) is 0 Å². The minimum Gasteiger partial charge on any atom is -0.371 e. The fourth-order valence-electron chi connectivity index (χ4n) is 2.58. The number of halogens is 1. The number of H-pyrrole nitrogens is 1. The molecular weight excluding hydrogens is 304 g/mol. The van der Waals surface area contributed by atoms with Gasteiger partial charge in [-0.15, -0.1) is 0 Å². The number of rotatable bonds is 3. The van der Waals surface area contributed by atoms with Crippen LogP contribution in [0.2, 0.25) is 5.02 Å². The monoisotopic (exact) mass is 318 g/mol. The number of fused-ring (bicyclic) bond motifs is 1. The highest BCUT2D eigenvalue weighted by Gasteiger charge is 2.28. The Bertz CT molecular complexity index is 774. The Kier molecular flexibility index (Phi) is 3.85. The van der Waals surface area contributed by atoms with Gasteiger partial charge in [-0.3, -0.25) is 9.59 Å². The highest BCUT2D eigenvalue weighted by Crippen LogP contribution is 2.28. The molecule has 1 aliphatic rings. The smallest absolute Gasteiger partial charge is 0.285 e. The topological polar surface area (TPSA) is 78.1 Å². The number of anilines is 2. The van der Waals surface area contributed by atoms with E-state index in [1.807, 2.05) is 24.3 Å². The van der Waals surface area contributed by atoms with Crippen LogP contribution >= 0.6 is 11.6 Å². The number of nitrogens with zero attached hydrogens (tertiary/aromatic N) is 2. The number of aromatic nitrogens is 2. The van der Waals surface area contributed by atoms with Gasteiger partial charge in [0, 0.05) is 12.2 Å². The van der Waals surface area contributed by atoms with Gasteiger partial charge in [0.05, 0.1) is 11.9 Å². The van der Waals surface area contributed by atoms with Crippen molar-refractivity contribution in [2.45, 2.75) is 19.4 Å². The Hall–Kier alpha value is -2.34. The van der Waals surface area contributed by atoms with Gasteiger partial charge in [-0.1, -0.05) is 29.8 Å². The number of amides is 1. The number of para-hydroxylation sites is 1. The molecule has 1 amide bonds. The second kappa shape index (κ2) is 5.81. The van der Waals surface area contributed by atoms with Gasteiger partial charge >= 0.3 is 0 Å². The molecule has 0 saturated heterocycles. The Morgan fingerprint density at radius 2 is 2.23 bits per heavy atom. The number of aromatic amines is 1. The molecule has 0 radical (unpaired) electrons. The molecule has 6 nitrogen and oxygen atoms in total. The van der Waals surface area contributed by atoms with Crippen LogP contribution in [0.15, 0.2) is 35.3 Å². The van der Waals surface area contributed by atoms with Crippen molar-refractivity contribution < 1.29 is 4.79 Å². The summed E-state index contributed by atoms with van der Waals surface area (Å²) in [5.74, 6) is -0.0682. The zero-order valence-electron chi connectivity index (χ0n) is 12.0. The van der Waals surface area contributed by atoms with Crippen molar-refractivity contribution in [3.63, 3.8) is 0 Å². The molecule has 1 aliphatic heterocycles. The van der Waals surface area contributed by atoms with E-state index < -0.39 is 11.6 Å². The molecule has 0 aliphatic carbocycles. The summed E-state index contributed by atoms with van der Waals surface area (Å²) in [6, 6.07) is 7.33. The van der Waals surface area contributed by atoms with Crippen LogP contribution in [0.5, 0.6) is 0 Å². The van der Waals surface area contributed by atoms with E-state index in [1.54, 1.807) is 11.8 Å². The molecule has 1 aromatic heterocycles. The van der Waals surface area contributed by atoms with E-state index in [2.05, 4.69) is 15.5 Å². The summed E-state index contributed by atoms with van der Waals surface area (Å²) in [6.45, 7) is 2.40. The largest absolute Gasteiger partial charge is 0.371 e. The summed E-state index contributed by atoms with van der Waals surface area (Å²) in [5.41, 5.74) is 1.96. The lowest BCUT2D eigenvalue weighted by Crippen LogP contribution is -2.40. The molecule has 1 unspecified atom stereocenters. The SMILES string of the molecule is CC(Nc1cn[nH]c(=O)c1Cl)C(=O)N1CCc2ccccc21. The first kappa shape index (κ1) is 14.6. The maximum Gasteiger partial charge on any atom is 0.285 e. The molecular formula is C15H15ClN4O2. The molecule has 0 bridgehead atoms. The summed E-state index contributed by atoms with van der Waals surface area (Å²) in [5, 5.41) is 8.87. The Morgan fingerprint density at radius 1 is 1.45 bits per heavy atom. The van der Waals surface area contributed by atoms with Crippen molar-refractivity contribution in [2.24, 2.45) is 0 Å². The molecule has 114 valence electrons. The van der Waals surface area contributed by atoms with E-state index in [0.29, 0.717) is 12.2 Å². The molecule has 1 atom stereocenters. The zero-order chi connectivity index (χ0) is 15.7. The summed E-state index contributed by atoms with van der Waals surface area (Å²) in [4.78, 5) is 25.8. The van der Waals surface area contributed by atoms with Crippen LogP contribution in [0.25, 0.3) is 0 Å². The average Bonchev–Trinajstić information content (AvgIpc) is 2.95. The minimum absolute atomic E-state index is 0.00327. The van der Waals surface area contributed by atoms with Gasteiger partial charge in [-0.2, -0.15) is 5.10 Å². The molecule has 0 spiro atoms. The second-order valence-electron chi connectivity index (χ2n) is 5.16. The van der Waals surface area contributed by atoms with Crippen molar-refractivity contribution in [1.29, 1.82) is 0 Å². The van der Waals surface area contributed by atoms with Gasteiger partial charge in [-0.25, -0.2) is 5.10 Å². The summed E-state index contributed by atoms with van der Waals surface area (Å²) >= 11 is 5.91. The average molecular weight is 319 g/mol. The maximum absolute atomic E-state index is 12.6. The summed E-state index contributed by atoms with van der Waals surface area (Å²) in [6.07, 6.45) is 2.24. The molecule has 0 fully saturated rings. The normalized spacial score (nSPS) is 14.5. The van der Waals surface area contributed by atoms with Crippen LogP contribution < -0.4 is 15.8 Å². The number of nitrogens with one attached hydrogen (secondary N) is 2. The summed E-state index contributed by atoms with van der Waals surface area (Å²) < 4.78 is 0. The first-order valence-corrected chi connectivity index (χ1v) is 7.34. The Morgan fingerprint density at radius 3 is 3.05 bits per heavy atom. The first-order valence-electron chi connectivity index (χ1n) is 6.97. The highest BCUT2D eigenvalue weighted by molar-refractivity contribution is 6.33. The molecule has 1 aromatic carbocycles. The number of carbonyl (C=O) groups is 1. The van der Waals surface area contributed by atoms with E-state index in [0.717, 1.165) is 12.1 Å². The van der Waals surface area contributed by atoms with Crippen LogP contribution in [-0.4, -0.2) is 28.7 Å². The molecule has 2 aromatic rings. The van der Waals surface area contributed by atoms with Gasteiger partial charge in [0.15, 0.2) is 0 Å². The predicted molar refractivity (Wildman–Crippen MR) is 85.5 cm³/mol. The lowest BCUT2D eigenvalue weighted by atomic mass is 10.2. The van der Waals surface area contributed by atoms with Crippen molar-refractivity contribution in [2.75, 3.05) is 16.8 Å². The summed E-state index contributed by atoms with van der Waals surface area (Å²) in [7, 11) is 0. The van der Waals surface area contributed by atoms with E-state index >= 15 is 0 Å². The number of carbonyl (C=O) groups excluding carboxylic acids is 1. The Balaban J connectivity index is 1.79. The zero-order valence-corrected chi connectivity index (χ0v) is 12.7. The van der Waals surface area contributed by atoms with Crippen LogP contribution in [0.4, 0.5) is 11.4 Å². The molecule has 7 heteroatoms. The van der Waals surface area contributed by atoms with Crippen molar-refractivity contribution >= 4 is 28.9 Å². The third-order valence-corrected chi connectivity index (χ3v) is 4.07. The fraction of sp³-hybridized carbons (Fsp3) is 0.267. The fourth-order valence-corrected chi connectivity index (χ4v) is 2.73.